The summed E-state index contributed by atoms with van der Waals surface area (Å²) in [5.41, 5.74) is 0.445. The minimum Gasteiger partial charge on any atom is -0.340 e. The Labute approximate surface area is 127 Å². The van der Waals surface area contributed by atoms with Crippen molar-refractivity contribution >= 4 is 34.2 Å². The van der Waals surface area contributed by atoms with E-state index < -0.39 is 0 Å². The van der Waals surface area contributed by atoms with Crippen LogP contribution in [-0.2, 0) is 11.2 Å². The predicted molar refractivity (Wildman–Crippen MR) is 79.1 cm³/mol. The number of amides is 1. The van der Waals surface area contributed by atoms with Gasteiger partial charge in [-0.15, -0.1) is 12.4 Å². The third-order valence-corrected chi connectivity index (χ3v) is 3.56. The second kappa shape index (κ2) is 7.22. The van der Waals surface area contributed by atoms with E-state index in [0.717, 1.165) is 11.0 Å². The van der Waals surface area contributed by atoms with E-state index in [1.54, 1.807) is 17.0 Å². The number of carbonyl (C=O) groups excluding carboxylic acids is 1. The van der Waals surface area contributed by atoms with Crippen LogP contribution in [0.1, 0.15) is 12.5 Å². The largest absolute Gasteiger partial charge is 0.340 e. The third-order valence-electron chi connectivity index (χ3n) is 3.07. The molecule has 1 aliphatic rings. The Hall–Kier alpha value is -0.650. The molecule has 6 heteroatoms. The summed E-state index contributed by atoms with van der Waals surface area (Å²) in [4.78, 5) is 13.9. The lowest BCUT2D eigenvalue weighted by Gasteiger charge is -2.32. The topological polar surface area (TPSA) is 32.3 Å². The molecule has 1 aromatic rings. The van der Waals surface area contributed by atoms with Crippen LogP contribution in [-0.4, -0.2) is 36.5 Å². The van der Waals surface area contributed by atoms with Gasteiger partial charge in [-0.1, -0.05) is 15.9 Å². The molecule has 2 rings (SSSR count). The van der Waals surface area contributed by atoms with Crippen LogP contribution in [0.25, 0.3) is 0 Å². The molecule has 1 amide bonds. The van der Waals surface area contributed by atoms with Crippen molar-refractivity contribution in [3.63, 3.8) is 0 Å². The SMILES string of the molecule is C[C@H]1CN(C(=O)Cc2cc(Br)ccc2F)CCN1.Cl. The van der Waals surface area contributed by atoms with E-state index in [1.807, 2.05) is 6.92 Å². The molecule has 0 aromatic heterocycles. The summed E-state index contributed by atoms with van der Waals surface area (Å²) in [5, 5.41) is 3.28. The standard InChI is InChI=1S/C13H16BrFN2O.ClH/c1-9-8-17(5-4-16-9)13(18)7-10-6-11(14)2-3-12(10)15;/h2-3,6,9,16H,4-5,7-8H2,1H3;1H/t9-;/m0./s1. The lowest BCUT2D eigenvalue weighted by molar-refractivity contribution is -0.131. The Morgan fingerprint density at radius 1 is 1.58 bits per heavy atom. The van der Waals surface area contributed by atoms with Crippen molar-refractivity contribution in [2.75, 3.05) is 19.6 Å². The van der Waals surface area contributed by atoms with Gasteiger partial charge in [-0.2, -0.15) is 0 Å². The lowest BCUT2D eigenvalue weighted by Crippen LogP contribution is -2.51. The van der Waals surface area contributed by atoms with Crippen LogP contribution in [0.2, 0.25) is 0 Å². The fourth-order valence-corrected chi connectivity index (χ4v) is 2.52. The summed E-state index contributed by atoms with van der Waals surface area (Å²) in [5.74, 6) is -0.338. The summed E-state index contributed by atoms with van der Waals surface area (Å²) in [6.45, 7) is 4.22. The van der Waals surface area contributed by atoms with Crippen LogP contribution in [0, 0.1) is 5.82 Å². The number of piperazine rings is 1. The second-order valence-electron chi connectivity index (χ2n) is 4.61. The third kappa shape index (κ3) is 4.44. The first-order chi connectivity index (χ1) is 8.56. The van der Waals surface area contributed by atoms with Crippen molar-refractivity contribution < 1.29 is 9.18 Å². The molecule has 19 heavy (non-hydrogen) atoms. The monoisotopic (exact) mass is 350 g/mol. The Morgan fingerprint density at radius 3 is 3.00 bits per heavy atom. The zero-order chi connectivity index (χ0) is 13.1. The van der Waals surface area contributed by atoms with E-state index in [2.05, 4.69) is 21.2 Å². The minimum atomic E-state index is -0.324. The molecule has 1 heterocycles. The molecule has 106 valence electrons. The normalized spacial score (nSPS) is 18.9. The van der Waals surface area contributed by atoms with Crippen molar-refractivity contribution in [2.45, 2.75) is 19.4 Å². The predicted octanol–water partition coefficient (Wildman–Crippen LogP) is 2.37. The maximum atomic E-state index is 13.6. The van der Waals surface area contributed by atoms with Gasteiger partial charge in [0, 0.05) is 30.1 Å². The molecule has 1 saturated heterocycles. The van der Waals surface area contributed by atoms with E-state index in [1.165, 1.54) is 6.07 Å². The molecular weight excluding hydrogens is 335 g/mol. The Morgan fingerprint density at radius 2 is 2.32 bits per heavy atom. The van der Waals surface area contributed by atoms with Gasteiger partial charge in [-0.05, 0) is 30.7 Å². The summed E-state index contributed by atoms with van der Waals surface area (Å²) < 4.78 is 14.4. The Kier molecular flexibility index (Phi) is 6.23. The molecule has 1 aromatic carbocycles. The summed E-state index contributed by atoms with van der Waals surface area (Å²) in [7, 11) is 0. The number of nitrogens with one attached hydrogen (secondary N) is 1. The van der Waals surface area contributed by atoms with Crippen molar-refractivity contribution in [1.82, 2.24) is 10.2 Å². The van der Waals surface area contributed by atoms with E-state index in [-0.39, 0.29) is 30.6 Å². The van der Waals surface area contributed by atoms with E-state index in [0.29, 0.717) is 24.7 Å². The number of hydrogen-bond acceptors (Lipinski definition) is 2. The van der Waals surface area contributed by atoms with Gasteiger partial charge in [0.2, 0.25) is 5.91 Å². The van der Waals surface area contributed by atoms with E-state index in [4.69, 9.17) is 0 Å². The average Bonchev–Trinajstić information content (AvgIpc) is 2.34. The summed E-state index contributed by atoms with van der Waals surface area (Å²) in [6.07, 6.45) is 0.123. The molecule has 0 bridgehead atoms. The second-order valence-corrected chi connectivity index (χ2v) is 5.52. The highest BCUT2D eigenvalue weighted by atomic mass is 79.9. The maximum Gasteiger partial charge on any atom is 0.227 e. The molecule has 1 fully saturated rings. The van der Waals surface area contributed by atoms with Crippen LogP contribution in [0.4, 0.5) is 4.39 Å². The molecule has 1 atom stereocenters. The van der Waals surface area contributed by atoms with Gasteiger partial charge in [0.1, 0.15) is 5.82 Å². The van der Waals surface area contributed by atoms with Gasteiger partial charge in [-0.3, -0.25) is 4.79 Å². The highest BCUT2D eigenvalue weighted by Gasteiger charge is 2.21. The van der Waals surface area contributed by atoms with Crippen LogP contribution in [0.5, 0.6) is 0 Å². The highest BCUT2D eigenvalue weighted by Crippen LogP contribution is 2.17. The Balaban J connectivity index is 0.00000180. The molecule has 3 nitrogen and oxygen atoms in total. The van der Waals surface area contributed by atoms with Crippen molar-refractivity contribution in [3.8, 4) is 0 Å². The number of hydrogen-bond donors (Lipinski definition) is 1. The van der Waals surface area contributed by atoms with Crippen molar-refractivity contribution in [3.05, 3.63) is 34.1 Å². The minimum absolute atomic E-state index is 0. The number of nitrogens with zero attached hydrogens (tertiary/aromatic N) is 1. The first-order valence-electron chi connectivity index (χ1n) is 6.01. The number of rotatable bonds is 2. The van der Waals surface area contributed by atoms with Crippen LogP contribution >= 0.6 is 28.3 Å². The van der Waals surface area contributed by atoms with E-state index in [9.17, 15) is 9.18 Å². The van der Waals surface area contributed by atoms with Gasteiger partial charge in [0.05, 0.1) is 6.42 Å². The van der Waals surface area contributed by atoms with Crippen molar-refractivity contribution in [2.24, 2.45) is 0 Å². The van der Waals surface area contributed by atoms with Gasteiger partial charge >= 0.3 is 0 Å². The van der Waals surface area contributed by atoms with Crippen LogP contribution in [0.15, 0.2) is 22.7 Å². The molecule has 0 aliphatic carbocycles. The number of halogens is 3. The zero-order valence-corrected chi connectivity index (χ0v) is 13.1. The summed E-state index contributed by atoms with van der Waals surface area (Å²) >= 11 is 3.29. The molecule has 0 radical (unpaired) electrons. The average molecular weight is 352 g/mol. The smallest absolute Gasteiger partial charge is 0.227 e. The molecular formula is C13H17BrClFN2O. The fraction of sp³-hybridized carbons (Fsp3) is 0.462. The van der Waals surface area contributed by atoms with Crippen LogP contribution < -0.4 is 5.32 Å². The first kappa shape index (κ1) is 16.4. The lowest BCUT2D eigenvalue weighted by atomic mass is 10.1. The quantitative estimate of drug-likeness (QED) is 0.887. The van der Waals surface area contributed by atoms with Crippen LogP contribution in [0.3, 0.4) is 0 Å². The first-order valence-corrected chi connectivity index (χ1v) is 6.80. The zero-order valence-electron chi connectivity index (χ0n) is 10.7. The van der Waals surface area contributed by atoms with Crippen molar-refractivity contribution in [1.29, 1.82) is 0 Å². The fourth-order valence-electron chi connectivity index (χ4n) is 2.11. The molecule has 1 aliphatic heterocycles. The molecule has 1 N–H and O–H groups in total. The van der Waals surface area contributed by atoms with Gasteiger partial charge in [-0.25, -0.2) is 4.39 Å². The summed E-state index contributed by atoms with van der Waals surface area (Å²) in [6, 6.07) is 4.98. The number of carbonyl (C=O) groups is 1. The maximum absolute atomic E-state index is 13.6. The van der Waals surface area contributed by atoms with Gasteiger partial charge in [0.25, 0.3) is 0 Å². The Bertz CT molecular complexity index is 458. The molecule has 0 spiro atoms. The number of benzene rings is 1. The van der Waals surface area contributed by atoms with Gasteiger partial charge < -0.3 is 10.2 Å². The van der Waals surface area contributed by atoms with E-state index >= 15 is 0 Å². The highest BCUT2D eigenvalue weighted by molar-refractivity contribution is 9.10. The van der Waals surface area contributed by atoms with Gasteiger partial charge in [0.15, 0.2) is 0 Å². The molecule has 0 unspecified atom stereocenters. The molecule has 0 saturated carbocycles.